The maximum absolute atomic E-state index is 12.5. The summed E-state index contributed by atoms with van der Waals surface area (Å²) in [6.07, 6.45) is 0.923. The number of carbonyl (C=O) groups is 1. The second-order valence-corrected chi connectivity index (χ2v) is 7.94. The molecule has 4 rings (SSSR count). The van der Waals surface area contributed by atoms with Crippen molar-refractivity contribution < 1.29 is 9.53 Å². The molecule has 0 saturated heterocycles. The number of rotatable bonds is 6. The van der Waals surface area contributed by atoms with E-state index in [0.717, 1.165) is 34.6 Å². The molecule has 0 bridgehead atoms. The van der Waals surface area contributed by atoms with Crippen molar-refractivity contribution in [3.05, 3.63) is 77.4 Å². The number of ether oxygens (including phenoxy) is 1. The first-order valence-electron chi connectivity index (χ1n) is 10.8. The molecule has 1 amide bonds. The highest BCUT2D eigenvalue weighted by molar-refractivity contribution is 7.80. The highest BCUT2D eigenvalue weighted by Crippen LogP contribution is 2.23. The minimum Gasteiger partial charge on any atom is -0.494 e. The number of amides is 1. The smallest absolute Gasteiger partial charge is 0.257 e. The van der Waals surface area contributed by atoms with Gasteiger partial charge in [0.05, 0.1) is 12.3 Å². The Bertz CT molecular complexity index is 1300. The summed E-state index contributed by atoms with van der Waals surface area (Å²) in [6, 6.07) is 18.9. The molecule has 1 aromatic heterocycles. The third kappa shape index (κ3) is 5.18. The summed E-state index contributed by atoms with van der Waals surface area (Å²) >= 11 is 5.36. The molecule has 7 nitrogen and oxygen atoms in total. The van der Waals surface area contributed by atoms with Gasteiger partial charge in [-0.1, -0.05) is 19.1 Å². The third-order valence-electron chi connectivity index (χ3n) is 5.20. The van der Waals surface area contributed by atoms with Crippen LogP contribution in [-0.4, -0.2) is 32.6 Å². The monoisotopic (exact) mass is 459 g/mol. The van der Waals surface area contributed by atoms with Gasteiger partial charge < -0.3 is 10.1 Å². The quantitative estimate of drug-likeness (QED) is 0.403. The van der Waals surface area contributed by atoms with Crippen LogP contribution in [0.25, 0.3) is 16.7 Å². The average molecular weight is 460 g/mol. The number of fused-ring (bicyclic) bond motifs is 1. The van der Waals surface area contributed by atoms with E-state index in [4.69, 9.17) is 17.0 Å². The SMILES string of the molecule is CCOc1ccc(-n2nc3cc(C)c(NC(=S)NC(=O)c4ccc(CC)cc4)cc3n2)cc1. The predicted octanol–water partition coefficient (Wildman–Crippen LogP) is 4.82. The van der Waals surface area contributed by atoms with Crippen LogP contribution in [0, 0.1) is 6.92 Å². The maximum Gasteiger partial charge on any atom is 0.257 e. The number of thiocarbonyl (C=S) groups is 1. The Morgan fingerprint density at radius 1 is 1.00 bits per heavy atom. The highest BCUT2D eigenvalue weighted by Gasteiger charge is 2.12. The second kappa shape index (κ2) is 9.79. The van der Waals surface area contributed by atoms with Gasteiger partial charge in [-0.3, -0.25) is 10.1 Å². The van der Waals surface area contributed by atoms with Crippen molar-refractivity contribution in [1.29, 1.82) is 0 Å². The molecule has 168 valence electrons. The van der Waals surface area contributed by atoms with Crippen molar-refractivity contribution in [3.8, 4) is 11.4 Å². The lowest BCUT2D eigenvalue weighted by Gasteiger charge is -2.12. The van der Waals surface area contributed by atoms with Crippen LogP contribution in [0.2, 0.25) is 0 Å². The second-order valence-electron chi connectivity index (χ2n) is 7.53. The van der Waals surface area contributed by atoms with Crippen LogP contribution in [0.1, 0.15) is 35.3 Å². The van der Waals surface area contributed by atoms with E-state index in [2.05, 4.69) is 27.8 Å². The van der Waals surface area contributed by atoms with E-state index in [9.17, 15) is 4.79 Å². The van der Waals surface area contributed by atoms with Gasteiger partial charge in [-0.2, -0.15) is 4.80 Å². The van der Waals surface area contributed by atoms with Crippen molar-refractivity contribution in [2.75, 3.05) is 11.9 Å². The third-order valence-corrected chi connectivity index (χ3v) is 5.41. The molecular formula is C25H25N5O2S. The summed E-state index contributed by atoms with van der Waals surface area (Å²) in [7, 11) is 0. The van der Waals surface area contributed by atoms with Gasteiger partial charge in [-0.05, 0) is 92.1 Å². The normalized spacial score (nSPS) is 10.8. The summed E-state index contributed by atoms with van der Waals surface area (Å²) in [5.41, 5.74) is 5.73. The number of hydrogen-bond donors (Lipinski definition) is 2. The molecule has 0 atom stereocenters. The van der Waals surface area contributed by atoms with Crippen molar-refractivity contribution >= 4 is 40.0 Å². The maximum atomic E-state index is 12.5. The molecule has 2 N–H and O–H groups in total. The molecule has 0 unspecified atom stereocenters. The summed E-state index contributed by atoms with van der Waals surface area (Å²) in [4.78, 5) is 14.1. The molecule has 1 heterocycles. The summed E-state index contributed by atoms with van der Waals surface area (Å²) in [6.45, 7) is 6.59. The Hall–Kier alpha value is -3.78. The first-order valence-corrected chi connectivity index (χ1v) is 11.2. The minimum atomic E-state index is -0.254. The lowest BCUT2D eigenvalue weighted by Crippen LogP contribution is -2.34. The van der Waals surface area contributed by atoms with E-state index < -0.39 is 0 Å². The number of anilines is 1. The number of benzene rings is 3. The zero-order valence-corrected chi connectivity index (χ0v) is 19.6. The summed E-state index contributed by atoms with van der Waals surface area (Å²) < 4.78 is 5.49. The zero-order valence-electron chi connectivity index (χ0n) is 18.8. The molecule has 0 fully saturated rings. The van der Waals surface area contributed by atoms with Crippen LogP contribution in [-0.2, 0) is 6.42 Å². The van der Waals surface area contributed by atoms with Crippen LogP contribution >= 0.6 is 12.2 Å². The number of nitrogens with one attached hydrogen (secondary N) is 2. The number of aromatic nitrogens is 3. The largest absolute Gasteiger partial charge is 0.494 e. The van der Waals surface area contributed by atoms with Crippen molar-refractivity contribution in [3.63, 3.8) is 0 Å². The van der Waals surface area contributed by atoms with Crippen molar-refractivity contribution in [1.82, 2.24) is 20.3 Å². The Labute approximate surface area is 197 Å². The van der Waals surface area contributed by atoms with Gasteiger partial charge >= 0.3 is 0 Å². The fraction of sp³-hybridized carbons (Fsp3) is 0.200. The fourth-order valence-corrected chi connectivity index (χ4v) is 3.58. The first-order chi connectivity index (χ1) is 16.0. The molecule has 33 heavy (non-hydrogen) atoms. The first kappa shape index (κ1) is 22.4. The van der Waals surface area contributed by atoms with Crippen LogP contribution in [0.3, 0.4) is 0 Å². The van der Waals surface area contributed by atoms with E-state index >= 15 is 0 Å². The summed E-state index contributed by atoms with van der Waals surface area (Å²) in [5, 5.41) is 15.2. The molecule has 0 spiro atoms. The van der Waals surface area contributed by atoms with E-state index in [1.165, 1.54) is 5.56 Å². The lowest BCUT2D eigenvalue weighted by atomic mass is 10.1. The van der Waals surface area contributed by atoms with Crippen LogP contribution in [0.5, 0.6) is 5.75 Å². The Balaban J connectivity index is 1.48. The van der Waals surface area contributed by atoms with Crippen LogP contribution in [0.4, 0.5) is 5.69 Å². The molecule has 0 saturated carbocycles. The van der Waals surface area contributed by atoms with Crippen molar-refractivity contribution in [2.45, 2.75) is 27.2 Å². The van der Waals surface area contributed by atoms with Gasteiger partial charge in [-0.25, -0.2) is 0 Å². The molecular weight excluding hydrogens is 434 g/mol. The van der Waals surface area contributed by atoms with Gasteiger partial charge in [0.25, 0.3) is 5.91 Å². The Morgan fingerprint density at radius 3 is 2.30 bits per heavy atom. The molecule has 0 aliphatic carbocycles. The lowest BCUT2D eigenvalue weighted by molar-refractivity contribution is 0.0977. The zero-order chi connectivity index (χ0) is 23.4. The van der Waals surface area contributed by atoms with Gasteiger partial charge in [0.15, 0.2) is 5.11 Å². The van der Waals surface area contributed by atoms with Crippen molar-refractivity contribution in [2.24, 2.45) is 0 Å². The van der Waals surface area contributed by atoms with Gasteiger partial charge in [0.2, 0.25) is 0 Å². The number of aryl methyl sites for hydroxylation is 2. The standard InChI is InChI=1S/C25H25N5O2S/c1-4-17-6-8-18(9-7-17)24(31)27-25(33)26-21-15-23-22(14-16(21)3)28-30(29-23)19-10-12-20(13-11-19)32-5-2/h6-15H,4-5H2,1-3H3,(H2,26,27,31,33). The Morgan fingerprint density at radius 2 is 1.67 bits per heavy atom. The number of nitrogens with zero attached hydrogens (tertiary/aromatic N) is 3. The van der Waals surface area contributed by atoms with Gasteiger partial charge in [-0.15, -0.1) is 10.2 Å². The van der Waals surface area contributed by atoms with E-state index in [-0.39, 0.29) is 11.0 Å². The van der Waals surface area contributed by atoms with Crippen LogP contribution in [0.15, 0.2) is 60.7 Å². The van der Waals surface area contributed by atoms with Gasteiger partial charge in [0.1, 0.15) is 16.8 Å². The number of hydrogen-bond acceptors (Lipinski definition) is 5. The highest BCUT2D eigenvalue weighted by atomic mass is 32.1. The molecule has 4 aromatic rings. The molecule has 8 heteroatoms. The van der Waals surface area contributed by atoms with E-state index in [1.54, 1.807) is 16.9 Å². The predicted molar refractivity (Wildman–Crippen MR) is 134 cm³/mol. The molecule has 0 aliphatic heterocycles. The van der Waals surface area contributed by atoms with E-state index in [0.29, 0.717) is 17.7 Å². The van der Waals surface area contributed by atoms with Gasteiger partial charge in [0, 0.05) is 11.3 Å². The average Bonchev–Trinajstić information content (AvgIpc) is 3.22. The topological polar surface area (TPSA) is 81.1 Å². The fourth-order valence-electron chi connectivity index (χ4n) is 3.38. The van der Waals surface area contributed by atoms with Crippen LogP contribution < -0.4 is 15.4 Å². The van der Waals surface area contributed by atoms with E-state index in [1.807, 2.05) is 62.4 Å². The molecule has 0 aliphatic rings. The minimum absolute atomic E-state index is 0.223. The summed E-state index contributed by atoms with van der Waals surface area (Å²) in [5.74, 6) is 0.549. The number of carbonyl (C=O) groups excluding carboxylic acids is 1. The molecule has 3 aromatic carbocycles. The Kier molecular flexibility index (Phi) is 6.65. The molecule has 0 radical (unpaired) electrons.